The molecule has 1 aliphatic rings. The number of unbranched alkanes of at least 4 members (excludes halogenated alkanes) is 1. The molecule has 6 nitrogen and oxygen atoms in total. The van der Waals surface area contributed by atoms with Gasteiger partial charge in [0.05, 0.1) is 6.04 Å². The van der Waals surface area contributed by atoms with E-state index in [2.05, 4.69) is 5.32 Å². The summed E-state index contributed by atoms with van der Waals surface area (Å²) in [5.74, 6) is 0.784. The zero-order valence-corrected chi connectivity index (χ0v) is 15.9. The number of carbonyl (C=O) groups is 2. The van der Waals surface area contributed by atoms with E-state index in [0.717, 1.165) is 12.8 Å². The average molecular weight is 376 g/mol. The maximum absolute atomic E-state index is 12.7. The summed E-state index contributed by atoms with van der Waals surface area (Å²) < 4.78 is 5.53. The number of benzene rings is 1. The van der Waals surface area contributed by atoms with Crippen molar-refractivity contribution in [2.75, 3.05) is 13.2 Å². The molecule has 1 amide bonds. The first-order valence-electron chi connectivity index (χ1n) is 9.97. The van der Waals surface area contributed by atoms with Crippen molar-refractivity contribution in [3.8, 4) is 5.75 Å². The quantitative estimate of drug-likeness (QED) is 0.485. The topological polar surface area (TPSA) is 102 Å². The Morgan fingerprint density at radius 1 is 1.19 bits per heavy atom. The Morgan fingerprint density at radius 3 is 2.56 bits per heavy atom. The first-order valence-corrected chi connectivity index (χ1v) is 9.97. The largest absolute Gasteiger partial charge is 0.491 e. The van der Waals surface area contributed by atoms with Crippen LogP contribution in [0.3, 0.4) is 0 Å². The van der Waals surface area contributed by atoms with E-state index < -0.39 is 12.1 Å². The highest BCUT2D eigenvalue weighted by molar-refractivity contribution is 5.91. The Morgan fingerprint density at radius 2 is 1.89 bits per heavy atom. The molecular weight excluding hydrogens is 344 g/mol. The second-order valence-electron chi connectivity index (χ2n) is 7.33. The van der Waals surface area contributed by atoms with Gasteiger partial charge >= 0.3 is 0 Å². The Balaban J connectivity index is 1.85. The van der Waals surface area contributed by atoms with Gasteiger partial charge in [-0.25, -0.2) is 0 Å². The minimum Gasteiger partial charge on any atom is -0.491 e. The maximum atomic E-state index is 12.7. The van der Waals surface area contributed by atoms with Crippen LogP contribution in [0, 0.1) is 5.92 Å². The predicted molar refractivity (Wildman–Crippen MR) is 104 cm³/mol. The van der Waals surface area contributed by atoms with Crippen molar-refractivity contribution in [2.45, 2.75) is 63.5 Å². The fraction of sp³-hybridized carbons (Fsp3) is 0.619. The second-order valence-corrected chi connectivity index (χ2v) is 7.33. The molecular formula is C21H32N2O4. The number of aliphatic hydroxyl groups excluding tert-OH is 1. The molecule has 0 heterocycles. The van der Waals surface area contributed by atoms with Gasteiger partial charge in [0.2, 0.25) is 5.91 Å². The molecule has 1 fully saturated rings. The number of hydrogen-bond acceptors (Lipinski definition) is 5. The van der Waals surface area contributed by atoms with Gasteiger partial charge in [0.15, 0.2) is 5.78 Å². The van der Waals surface area contributed by atoms with Crippen molar-refractivity contribution in [3.05, 3.63) is 30.3 Å². The van der Waals surface area contributed by atoms with Crippen molar-refractivity contribution in [2.24, 2.45) is 11.7 Å². The van der Waals surface area contributed by atoms with Crippen molar-refractivity contribution in [1.82, 2.24) is 5.32 Å². The molecule has 2 atom stereocenters. The molecule has 6 heteroatoms. The van der Waals surface area contributed by atoms with Crippen molar-refractivity contribution < 1.29 is 19.4 Å². The molecule has 1 saturated carbocycles. The molecule has 1 aliphatic carbocycles. The van der Waals surface area contributed by atoms with Crippen LogP contribution in [0.5, 0.6) is 5.75 Å². The summed E-state index contributed by atoms with van der Waals surface area (Å²) in [5.41, 5.74) is 5.94. The van der Waals surface area contributed by atoms with Crippen LogP contribution >= 0.6 is 0 Å². The lowest BCUT2D eigenvalue weighted by molar-refractivity contribution is -0.129. The highest BCUT2D eigenvalue weighted by atomic mass is 16.5. The summed E-state index contributed by atoms with van der Waals surface area (Å²) in [6, 6.07) is 7.80. The van der Waals surface area contributed by atoms with Gasteiger partial charge in [-0.1, -0.05) is 43.9 Å². The smallest absolute Gasteiger partial charge is 0.241 e. The van der Waals surface area contributed by atoms with E-state index in [0.29, 0.717) is 37.4 Å². The van der Waals surface area contributed by atoms with Crippen molar-refractivity contribution in [3.63, 3.8) is 0 Å². The van der Waals surface area contributed by atoms with Crippen LogP contribution in [0.25, 0.3) is 0 Å². The number of Topliss-reactive ketones (excluding diaryl/α,β-unsaturated/α-hetero) is 1. The van der Waals surface area contributed by atoms with Crippen LogP contribution in [0.15, 0.2) is 30.3 Å². The van der Waals surface area contributed by atoms with E-state index in [4.69, 9.17) is 15.6 Å². The van der Waals surface area contributed by atoms with Crippen LogP contribution in [-0.4, -0.2) is 42.1 Å². The van der Waals surface area contributed by atoms with E-state index in [1.54, 1.807) is 12.1 Å². The van der Waals surface area contributed by atoms with Crippen LogP contribution in [0.4, 0.5) is 0 Å². The molecule has 4 N–H and O–H groups in total. The number of ether oxygens (including phenoxy) is 1. The van der Waals surface area contributed by atoms with E-state index >= 15 is 0 Å². The molecule has 0 aliphatic heterocycles. The van der Waals surface area contributed by atoms with Crippen molar-refractivity contribution >= 4 is 11.7 Å². The molecule has 1 aromatic carbocycles. The molecule has 0 bridgehead atoms. The molecule has 1 aromatic rings. The Hall–Kier alpha value is -1.92. The maximum Gasteiger partial charge on any atom is 0.241 e. The van der Waals surface area contributed by atoms with E-state index in [9.17, 15) is 9.59 Å². The van der Waals surface area contributed by atoms with Gasteiger partial charge in [0, 0.05) is 13.0 Å². The fourth-order valence-corrected chi connectivity index (χ4v) is 3.47. The van der Waals surface area contributed by atoms with Crippen LogP contribution < -0.4 is 15.8 Å². The molecule has 150 valence electrons. The summed E-state index contributed by atoms with van der Waals surface area (Å²) in [6.07, 6.45) is 6.90. The third-order valence-electron chi connectivity index (χ3n) is 5.08. The first kappa shape index (κ1) is 21.4. The minimum absolute atomic E-state index is 0.0516. The normalized spacial score (nSPS) is 16.7. The van der Waals surface area contributed by atoms with E-state index in [1.165, 1.54) is 12.8 Å². The monoisotopic (exact) mass is 376 g/mol. The van der Waals surface area contributed by atoms with Gasteiger partial charge in [0.25, 0.3) is 0 Å². The highest BCUT2D eigenvalue weighted by Gasteiger charge is 2.27. The minimum atomic E-state index is -0.843. The molecule has 0 saturated heterocycles. The molecule has 0 radical (unpaired) electrons. The lowest BCUT2D eigenvalue weighted by Gasteiger charge is -2.21. The van der Waals surface area contributed by atoms with Crippen LogP contribution in [0.2, 0.25) is 0 Å². The zero-order valence-electron chi connectivity index (χ0n) is 15.9. The van der Waals surface area contributed by atoms with Crippen molar-refractivity contribution in [1.29, 1.82) is 0 Å². The van der Waals surface area contributed by atoms with Gasteiger partial charge in [-0.2, -0.15) is 0 Å². The number of rotatable bonds is 12. The lowest BCUT2D eigenvalue weighted by atomic mass is 9.94. The van der Waals surface area contributed by atoms with Gasteiger partial charge in [-0.05, 0) is 37.3 Å². The predicted octanol–water partition coefficient (Wildman–Crippen LogP) is 2.19. The fourth-order valence-electron chi connectivity index (χ4n) is 3.47. The Labute approximate surface area is 161 Å². The summed E-state index contributed by atoms with van der Waals surface area (Å²) in [6.45, 7) is 0.137. The molecule has 2 rings (SSSR count). The average Bonchev–Trinajstić information content (AvgIpc) is 3.19. The molecule has 27 heavy (non-hydrogen) atoms. The summed E-state index contributed by atoms with van der Waals surface area (Å²) in [5, 5.41) is 11.8. The van der Waals surface area contributed by atoms with E-state index in [1.807, 2.05) is 18.2 Å². The number of hydrogen-bond donors (Lipinski definition) is 3. The molecule has 0 aromatic heterocycles. The third-order valence-corrected chi connectivity index (χ3v) is 5.08. The van der Waals surface area contributed by atoms with Gasteiger partial charge in [-0.15, -0.1) is 0 Å². The SMILES string of the molecule is N[C@@H](COc1ccccc1)C(=O)N[C@@H](CCCCO)C(=O)CC1CCCC1. The summed E-state index contributed by atoms with van der Waals surface area (Å²) in [7, 11) is 0. The number of nitrogens with one attached hydrogen (secondary N) is 1. The third kappa shape index (κ3) is 7.69. The van der Waals surface area contributed by atoms with Crippen LogP contribution in [0.1, 0.15) is 51.4 Å². The number of amides is 1. The lowest BCUT2D eigenvalue weighted by Crippen LogP contribution is -2.50. The Kier molecular flexibility index (Phi) is 9.28. The van der Waals surface area contributed by atoms with Gasteiger partial charge < -0.3 is 20.9 Å². The highest BCUT2D eigenvalue weighted by Crippen LogP contribution is 2.28. The summed E-state index contributed by atoms with van der Waals surface area (Å²) in [4.78, 5) is 25.1. The molecule has 0 spiro atoms. The van der Waals surface area contributed by atoms with E-state index in [-0.39, 0.29) is 24.9 Å². The molecule has 0 unspecified atom stereocenters. The number of para-hydroxylation sites is 1. The zero-order chi connectivity index (χ0) is 19.5. The standard InChI is InChI=1S/C21H32N2O4/c22-18(15-27-17-10-2-1-3-11-17)21(26)23-19(12-6-7-13-24)20(25)14-16-8-4-5-9-16/h1-3,10-11,16,18-19,24H,4-9,12-15,22H2,(H,23,26)/t18-,19-/m0/s1. The van der Waals surface area contributed by atoms with Crippen LogP contribution in [-0.2, 0) is 9.59 Å². The van der Waals surface area contributed by atoms with Gasteiger partial charge in [0.1, 0.15) is 18.4 Å². The number of ketones is 1. The van der Waals surface area contributed by atoms with Gasteiger partial charge in [-0.3, -0.25) is 9.59 Å². The first-order chi connectivity index (χ1) is 13.1. The Bertz CT molecular complexity index is 573. The summed E-state index contributed by atoms with van der Waals surface area (Å²) >= 11 is 0. The number of carbonyl (C=O) groups excluding carboxylic acids is 2. The number of aliphatic hydroxyl groups is 1. The number of nitrogens with two attached hydrogens (primary N) is 1. The second kappa shape index (κ2) is 11.7.